The maximum atomic E-state index is 5.96. The van der Waals surface area contributed by atoms with Crippen molar-refractivity contribution in [1.29, 1.82) is 0 Å². The van der Waals surface area contributed by atoms with Gasteiger partial charge in [-0.2, -0.15) is 0 Å². The maximum absolute atomic E-state index is 5.96. The number of guanidine groups is 1. The van der Waals surface area contributed by atoms with Crippen LogP contribution in [0.15, 0.2) is 23.2 Å². The van der Waals surface area contributed by atoms with E-state index in [1.165, 1.54) is 0 Å². The lowest BCUT2D eigenvalue weighted by molar-refractivity contribution is 0.303. The normalized spacial score (nSPS) is 13.8. The van der Waals surface area contributed by atoms with E-state index in [4.69, 9.17) is 15.2 Å². The minimum absolute atomic E-state index is 0.0927. The van der Waals surface area contributed by atoms with Crippen LogP contribution in [0.25, 0.3) is 0 Å². The Kier molecular flexibility index (Phi) is 6.69. The van der Waals surface area contributed by atoms with Gasteiger partial charge in [0.1, 0.15) is 0 Å². The SMILES string of the molecule is COc1ccc(C(CN=C(N)NC(C)(C)C)N(C)C)cc1OC. The first-order valence-corrected chi connectivity index (χ1v) is 7.64. The van der Waals surface area contributed by atoms with E-state index >= 15 is 0 Å². The summed E-state index contributed by atoms with van der Waals surface area (Å²) in [5, 5.41) is 3.17. The molecule has 1 unspecified atom stereocenters. The van der Waals surface area contributed by atoms with Gasteiger partial charge in [-0.3, -0.25) is 4.99 Å². The van der Waals surface area contributed by atoms with Crippen LogP contribution < -0.4 is 20.5 Å². The van der Waals surface area contributed by atoms with Gasteiger partial charge >= 0.3 is 0 Å². The molecule has 130 valence electrons. The van der Waals surface area contributed by atoms with Crippen molar-refractivity contribution in [3.05, 3.63) is 23.8 Å². The summed E-state index contributed by atoms with van der Waals surface area (Å²) in [5.74, 6) is 1.87. The number of aliphatic imine (C=N–C) groups is 1. The minimum Gasteiger partial charge on any atom is -0.493 e. The average Bonchev–Trinajstić information content (AvgIpc) is 2.44. The monoisotopic (exact) mass is 322 g/mol. The molecule has 0 saturated carbocycles. The van der Waals surface area contributed by atoms with Crippen LogP contribution in [0.1, 0.15) is 32.4 Å². The van der Waals surface area contributed by atoms with Crippen LogP contribution in [-0.4, -0.2) is 51.3 Å². The molecule has 0 spiro atoms. The van der Waals surface area contributed by atoms with Crippen molar-refractivity contribution in [2.24, 2.45) is 10.7 Å². The van der Waals surface area contributed by atoms with Crippen molar-refractivity contribution < 1.29 is 9.47 Å². The Morgan fingerprint density at radius 1 is 1.22 bits per heavy atom. The fourth-order valence-electron chi connectivity index (χ4n) is 2.24. The third-order valence-electron chi connectivity index (χ3n) is 3.35. The maximum Gasteiger partial charge on any atom is 0.189 e. The van der Waals surface area contributed by atoms with Gasteiger partial charge in [0.25, 0.3) is 0 Å². The molecule has 0 aliphatic rings. The summed E-state index contributed by atoms with van der Waals surface area (Å²) in [6.07, 6.45) is 0. The predicted octanol–water partition coefficient (Wildman–Crippen LogP) is 2.01. The quantitative estimate of drug-likeness (QED) is 0.619. The van der Waals surface area contributed by atoms with E-state index in [2.05, 4.69) is 15.2 Å². The Balaban J connectivity index is 2.97. The molecule has 6 nitrogen and oxygen atoms in total. The highest BCUT2D eigenvalue weighted by atomic mass is 16.5. The summed E-state index contributed by atoms with van der Waals surface area (Å²) in [5.41, 5.74) is 6.95. The first kappa shape index (κ1) is 19.1. The molecule has 3 N–H and O–H groups in total. The zero-order valence-electron chi connectivity index (χ0n) is 15.3. The summed E-state index contributed by atoms with van der Waals surface area (Å²) in [6.45, 7) is 6.70. The number of nitrogens with one attached hydrogen (secondary N) is 1. The van der Waals surface area contributed by atoms with Gasteiger partial charge in [0.2, 0.25) is 0 Å². The summed E-state index contributed by atoms with van der Waals surface area (Å²) in [4.78, 5) is 6.58. The summed E-state index contributed by atoms with van der Waals surface area (Å²) < 4.78 is 10.7. The van der Waals surface area contributed by atoms with Crippen LogP contribution in [-0.2, 0) is 0 Å². The second-order valence-electron chi connectivity index (χ2n) is 6.69. The molecule has 0 saturated heterocycles. The van der Waals surface area contributed by atoms with E-state index in [0.29, 0.717) is 24.0 Å². The number of ether oxygens (including phenoxy) is 2. The van der Waals surface area contributed by atoms with Crippen molar-refractivity contribution in [2.75, 3.05) is 34.9 Å². The summed E-state index contributed by atoms with van der Waals surface area (Å²) in [7, 11) is 7.30. The van der Waals surface area contributed by atoms with Crippen LogP contribution >= 0.6 is 0 Å². The van der Waals surface area contributed by atoms with E-state index in [1.807, 2.05) is 53.1 Å². The fourth-order valence-corrected chi connectivity index (χ4v) is 2.24. The van der Waals surface area contributed by atoms with Crippen molar-refractivity contribution in [2.45, 2.75) is 32.4 Å². The Morgan fingerprint density at radius 3 is 2.30 bits per heavy atom. The molecule has 0 radical (unpaired) electrons. The Bertz CT molecular complexity index is 536. The predicted molar refractivity (Wildman–Crippen MR) is 95.4 cm³/mol. The lowest BCUT2D eigenvalue weighted by atomic mass is 10.1. The number of benzene rings is 1. The van der Waals surface area contributed by atoms with Gasteiger partial charge in [-0.15, -0.1) is 0 Å². The molecule has 0 heterocycles. The lowest BCUT2D eigenvalue weighted by Crippen LogP contribution is -2.45. The van der Waals surface area contributed by atoms with Crippen LogP contribution in [0.2, 0.25) is 0 Å². The molecular formula is C17H30N4O2. The molecule has 0 aliphatic carbocycles. The standard InChI is InChI=1S/C17H30N4O2/c1-17(2,3)20-16(18)19-11-13(21(4)5)12-8-9-14(22-6)15(10-12)23-7/h8-10,13H,11H2,1-7H3,(H3,18,19,20). The Hall–Kier alpha value is -1.95. The van der Waals surface area contributed by atoms with E-state index < -0.39 is 0 Å². The fraction of sp³-hybridized carbons (Fsp3) is 0.588. The average molecular weight is 322 g/mol. The van der Waals surface area contributed by atoms with Gasteiger partial charge in [-0.1, -0.05) is 6.07 Å². The number of methoxy groups -OCH3 is 2. The summed E-state index contributed by atoms with van der Waals surface area (Å²) >= 11 is 0. The third-order valence-corrected chi connectivity index (χ3v) is 3.35. The zero-order chi connectivity index (χ0) is 17.6. The smallest absolute Gasteiger partial charge is 0.189 e. The molecule has 1 aromatic carbocycles. The molecule has 1 aromatic rings. The number of hydrogen-bond donors (Lipinski definition) is 2. The molecule has 0 bridgehead atoms. The molecule has 0 aromatic heterocycles. The minimum atomic E-state index is -0.107. The number of nitrogens with zero attached hydrogens (tertiary/aromatic N) is 2. The molecule has 6 heteroatoms. The number of likely N-dealkylation sites (N-methyl/N-ethyl adjacent to an activating group) is 1. The number of nitrogens with two attached hydrogens (primary N) is 1. The van der Waals surface area contributed by atoms with E-state index in [9.17, 15) is 0 Å². The van der Waals surface area contributed by atoms with Crippen molar-refractivity contribution >= 4 is 5.96 Å². The molecule has 1 rings (SSSR count). The van der Waals surface area contributed by atoms with Gasteiger partial charge < -0.3 is 25.4 Å². The Morgan fingerprint density at radius 2 is 1.83 bits per heavy atom. The largest absolute Gasteiger partial charge is 0.493 e. The van der Waals surface area contributed by atoms with Gasteiger partial charge in [-0.25, -0.2) is 0 Å². The van der Waals surface area contributed by atoms with Gasteiger partial charge in [0.15, 0.2) is 17.5 Å². The molecular weight excluding hydrogens is 292 g/mol. The van der Waals surface area contributed by atoms with Crippen molar-refractivity contribution in [1.82, 2.24) is 10.2 Å². The second kappa shape index (κ2) is 8.06. The van der Waals surface area contributed by atoms with Gasteiger partial charge in [-0.05, 0) is 52.6 Å². The highest BCUT2D eigenvalue weighted by Crippen LogP contribution is 2.31. The third kappa shape index (κ3) is 5.98. The van der Waals surface area contributed by atoms with Crippen LogP contribution in [0.4, 0.5) is 0 Å². The van der Waals surface area contributed by atoms with Crippen LogP contribution in [0.5, 0.6) is 11.5 Å². The molecule has 0 amide bonds. The molecule has 0 fully saturated rings. The van der Waals surface area contributed by atoms with Gasteiger partial charge in [0, 0.05) is 5.54 Å². The first-order chi connectivity index (χ1) is 10.7. The number of rotatable bonds is 6. The molecule has 23 heavy (non-hydrogen) atoms. The molecule has 1 atom stereocenters. The lowest BCUT2D eigenvalue weighted by Gasteiger charge is -2.25. The van der Waals surface area contributed by atoms with E-state index in [0.717, 1.165) is 5.56 Å². The molecule has 0 aliphatic heterocycles. The Labute approximate surface area is 139 Å². The van der Waals surface area contributed by atoms with Crippen molar-refractivity contribution in [3.63, 3.8) is 0 Å². The zero-order valence-corrected chi connectivity index (χ0v) is 15.3. The van der Waals surface area contributed by atoms with Crippen LogP contribution in [0.3, 0.4) is 0 Å². The van der Waals surface area contributed by atoms with Crippen LogP contribution in [0, 0.1) is 0 Å². The van der Waals surface area contributed by atoms with E-state index in [1.54, 1.807) is 14.2 Å². The first-order valence-electron chi connectivity index (χ1n) is 7.64. The van der Waals surface area contributed by atoms with Gasteiger partial charge in [0.05, 0.1) is 26.8 Å². The summed E-state index contributed by atoms with van der Waals surface area (Å²) in [6, 6.07) is 6.00. The van der Waals surface area contributed by atoms with E-state index in [-0.39, 0.29) is 11.6 Å². The van der Waals surface area contributed by atoms with Crippen molar-refractivity contribution in [3.8, 4) is 11.5 Å². The number of hydrogen-bond acceptors (Lipinski definition) is 4. The highest BCUT2D eigenvalue weighted by molar-refractivity contribution is 5.78. The second-order valence-corrected chi connectivity index (χ2v) is 6.69. The highest BCUT2D eigenvalue weighted by Gasteiger charge is 2.17. The topological polar surface area (TPSA) is 72.1 Å².